The predicted octanol–water partition coefficient (Wildman–Crippen LogP) is 2.37. The van der Waals surface area contributed by atoms with Crippen LogP contribution in [0.2, 0.25) is 0 Å². The molecule has 6 heteroatoms. The molecule has 1 amide bonds. The first kappa shape index (κ1) is 20.5. The van der Waals surface area contributed by atoms with Gasteiger partial charge in [0.05, 0.1) is 12.6 Å². The Labute approximate surface area is 163 Å². The number of likely N-dealkylation sites (N-methyl/N-ethyl adjacent to an activating group) is 1. The second-order valence-electron chi connectivity index (χ2n) is 7.41. The van der Waals surface area contributed by atoms with Crippen molar-refractivity contribution in [1.29, 1.82) is 0 Å². The molecular weight excluding hydrogens is 357 g/mol. The van der Waals surface area contributed by atoms with E-state index < -0.39 is 0 Å². The molecule has 25 heavy (non-hydrogen) atoms. The van der Waals surface area contributed by atoms with Crippen molar-refractivity contribution in [3.05, 3.63) is 34.4 Å². The summed E-state index contributed by atoms with van der Waals surface area (Å²) in [5.74, 6) is 0.188. The van der Waals surface area contributed by atoms with Gasteiger partial charge >= 0.3 is 0 Å². The lowest BCUT2D eigenvalue weighted by atomic mass is 10.0. The molecule has 2 aliphatic carbocycles. The van der Waals surface area contributed by atoms with Crippen LogP contribution in [-0.4, -0.2) is 55.5 Å². The molecular formula is C19H29Cl2N3O. The Morgan fingerprint density at radius 1 is 1.04 bits per heavy atom. The molecule has 0 radical (unpaired) electrons. The molecule has 1 atom stereocenters. The van der Waals surface area contributed by atoms with Crippen molar-refractivity contribution in [3.63, 3.8) is 0 Å². The molecule has 4 nitrogen and oxygen atoms in total. The van der Waals surface area contributed by atoms with Crippen LogP contribution >= 0.6 is 24.8 Å². The van der Waals surface area contributed by atoms with Gasteiger partial charge in [-0.1, -0.05) is 12.1 Å². The molecule has 1 N–H and O–H groups in total. The number of piperazine rings is 1. The Balaban J connectivity index is 0.00000113. The number of nitrogens with zero attached hydrogens (tertiary/aromatic N) is 2. The van der Waals surface area contributed by atoms with Crippen LogP contribution in [0.5, 0.6) is 0 Å². The molecule has 0 bridgehead atoms. The maximum Gasteiger partial charge on any atom is 0.234 e. The van der Waals surface area contributed by atoms with Crippen molar-refractivity contribution in [3.8, 4) is 0 Å². The first-order valence-electron chi connectivity index (χ1n) is 9.04. The topological polar surface area (TPSA) is 35.6 Å². The standard InChI is InChI=1S/C19H27N3O.2ClH/c1-21-7-9-22(10-8-21)13-19(23)20-18-6-5-16-11-14-3-2-4-15(14)12-17(16)18;;/h11-12,18H,2-10,13H2,1H3,(H,20,23);2*1H. The van der Waals surface area contributed by atoms with E-state index in [-0.39, 0.29) is 36.8 Å². The molecule has 1 aromatic rings. The van der Waals surface area contributed by atoms with Gasteiger partial charge in [-0.15, -0.1) is 24.8 Å². The van der Waals surface area contributed by atoms with Gasteiger partial charge in [0.2, 0.25) is 5.91 Å². The maximum atomic E-state index is 12.4. The molecule has 1 aliphatic heterocycles. The Bertz CT molecular complexity index is 615. The number of carbonyl (C=O) groups is 1. The van der Waals surface area contributed by atoms with Crippen LogP contribution in [0, 0.1) is 0 Å². The summed E-state index contributed by atoms with van der Waals surface area (Å²) < 4.78 is 0. The Hall–Kier alpha value is -0.810. The fourth-order valence-corrected chi connectivity index (χ4v) is 4.29. The van der Waals surface area contributed by atoms with E-state index in [1.54, 1.807) is 5.56 Å². The van der Waals surface area contributed by atoms with Crippen LogP contribution in [0.25, 0.3) is 0 Å². The molecule has 1 aromatic carbocycles. The van der Waals surface area contributed by atoms with E-state index in [4.69, 9.17) is 0 Å². The van der Waals surface area contributed by atoms with Crippen molar-refractivity contribution in [2.45, 2.75) is 38.1 Å². The number of aryl methyl sites for hydroxylation is 3. The third-order valence-electron chi connectivity index (χ3n) is 5.73. The number of hydrogen-bond acceptors (Lipinski definition) is 3. The summed E-state index contributed by atoms with van der Waals surface area (Å²) in [6.45, 7) is 4.67. The van der Waals surface area contributed by atoms with Crippen molar-refractivity contribution in [2.24, 2.45) is 0 Å². The number of halogens is 2. The van der Waals surface area contributed by atoms with Gasteiger partial charge < -0.3 is 10.2 Å². The van der Waals surface area contributed by atoms with E-state index in [0.717, 1.165) is 39.0 Å². The van der Waals surface area contributed by atoms with Crippen LogP contribution < -0.4 is 5.32 Å². The largest absolute Gasteiger partial charge is 0.348 e. The van der Waals surface area contributed by atoms with Gasteiger partial charge in [0.1, 0.15) is 0 Å². The van der Waals surface area contributed by atoms with E-state index in [2.05, 4.69) is 34.3 Å². The van der Waals surface area contributed by atoms with Gasteiger partial charge in [0, 0.05) is 26.2 Å². The Morgan fingerprint density at radius 3 is 2.44 bits per heavy atom. The molecule has 4 rings (SSSR count). The van der Waals surface area contributed by atoms with Gasteiger partial charge in [-0.2, -0.15) is 0 Å². The number of benzene rings is 1. The molecule has 1 fully saturated rings. The summed E-state index contributed by atoms with van der Waals surface area (Å²) >= 11 is 0. The first-order chi connectivity index (χ1) is 11.2. The van der Waals surface area contributed by atoms with Crippen molar-refractivity contribution >= 4 is 30.7 Å². The lowest BCUT2D eigenvalue weighted by molar-refractivity contribution is -0.123. The SMILES string of the molecule is CN1CCN(CC(=O)NC2CCc3cc4c(cc32)CCC4)CC1.Cl.Cl. The molecule has 0 saturated carbocycles. The highest BCUT2D eigenvalue weighted by Gasteiger charge is 2.27. The van der Waals surface area contributed by atoms with Gasteiger partial charge in [-0.05, 0) is 61.4 Å². The number of carbonyl (C=O) groups excluding carboxylic acids is 1. The van der Waals surface area contributed by atoms with E-state index in [1.165, 1.54) is 36.0 Å². The average Bonchev–Trinajstić information content (AvgIpc) is 3.14. The highest BCUT2D eigenvalue weighted by molar-refractivity contribution is 5.85. The average molecular weight is 386 g/mol. The van der Waals surface area contributed by atoms with Crippen LogP contribution in [0.3, 0.4) is 0 Å². The maximum absolute atomic E-state index is 12.4. The quantitative estimate of drug-likeness (QED) is 0.867. The fourth-order valence-electron chi connectivity index (χ4n) is 4.29. The van der Waals surface area contributed by atoms with E-state index in [1.807, 2.05) is 0 Å². The van der Waals surface area contributed by atoms with E-state index in [0.29, 0.717) is 6.54 Å². The van der Waals surface area contributed by atoms with Gasteiger partial charge in [-0.25, -0.2) is 0 Å². The highest BCUT2D eigenvalue weighted by atomic mass is 35.5. The van der Waals surface area contributed by atoms with Crippen molar-refractivity contribution < 1.29 is 4.79 Å². The summed E-state index contributed by atoms with van der Waals surface area (Å²) in [4.78, 5) is 17.0. The van der Waals surface area contributed by atoms with Crippen LogP contribution in [0.4, 0.5) is 0 Å². The summed E-state index contributed by atoms with van der Waals surface area (Å²) in [5, 5.41) is 3.29. The van der Waals surface area contributed by atoms with Crippen LogP contribution in [-0.2, 0) is 24.1 Å². The smallest absolute Gasteiger partial charge is 0.234 e. The van der Waals surface area contributed by atoms with E-state index >= 15 is 0 Å². The molecule has 140 valence electrons. The molecule has 3 aliphatic rings. The number of hydrogen-bond donors (Lipinski definition) is 1. The van der Waals surface area contributed by atoms with Gasteiger partial charge in [0.15, 0.2) is 0 Å². The third-order valence-corrected chi connectivity index (χ3v) is 5.73. The second-order valence-corrected chi connectivity index (χ2v) is 7.41. The van der Waals surface area contributed by atoms with Crippen LogP contribution in [0.15, 0.2) is 12.1 Å². The van der Waals surface area contributed by atoms with Crippen molar-refractivity contribution in [1.82, 2.24) is 15.1 Å². The zero-order valence-electron chi connectivity index (χ0n) is 14.9. The number of nitrogens with one attached hydrogen (secondary N) is 1. The van der Waals surface area contributed by atoms with Crippen molar-refractivity contribution in [2.75, 3.05) is 39.8 Å². The first-order valence-corrected chi connectivity index (χ1v) is 9.04. The summed E-state index contributed by atoms with van der Waals surface area (Å²) in [6, 6.07) is 5.02. The summed E-state index contributed by atoms with van der Waals surface area (Å²) in [7, 11) is 2.14. The molecule has 1 unspecified atom stereocenters. The molecule has 0 spiro atoms. The number of fused-ring (bicyclic) bond motifs is 2. The lowest BCUT2D eigenvalue weighted by Crippen LogP contribution is -2.48. The zero-order valence-corrected chi connectivity index (χ0v) is 16.6. The minimum absolute atomic E-state index is 0. The minimum atomic E-state index is 0. The zero-order chi connectivity index (χ0) is 15.8. The molecule has 0 aromatic heterocycles. The fraction of sp³-hybridized carbons (Fsp3) is 0.632. The Morgan fingerprint density at radius 2 is 1.72 bits per heavy atom. The van der Waals surface area contributed by atoms with Gasteiger partial charge in [0.25, 0.3) is 0 Å². The normalized spacial score (nSPS) is 22.5. The van der Waals surface area contributed by atoms with Crippen LogP contribution in [0.1, 0.15) is 41.1 Å². The molecule has 1 saturated heterocycles. The highest BCUT2D eigenvalue weighted by Crippen LogP contribution is 2.35. The van der Waals surface area contributed by atoms with E-state index in [9.17, 15) is 4.79 Å². The summed E-state index contributed by atoms with van der Waals surface area (Å²) in [6.07, 6.45) is 5.92. The number of rotatable bonds is 3. The Kier molecular flexibility index (Phi) is 7.15. The summed E-state index contributed by atoms with van der Waals surface area (Å²) in [5.41, 5.74) is 5.92. The minimum Gasteiger partial charge on any atom is -0.348 e. The third kappa shape index (κ3) is 4.48. The predicted molar refractivity (Wildman–Crippen MR) is 106 cm³/mol. The monoisotopic (exact) mass is 385 g/mol. The van der Waals surface area contributed by atoms with Gasteiger partial charge in [-0.3, -0.25) is 9.69 Å². The lowest BCUT2D eigenvalue weighted by Gasteiger charge is -2.32. The number of amides is 1. The molecule has 1 heterocycles. The second kappa shape index (κ2) is 8.72.